The van der Waals surface area contributed by atoms with Gasteiger partial charge in [-0.25, -0.2) is 9.78 Å². The van der Waals surface area contributed by atoms with Crippen LogP contribution in [0, 0.1) is 5.41 Å². The fourth-order valence-corrected chi connectivity index (χ4v) is 2.82. The van der Waals surface area contributed by atoms with Crippen LogP contribution in [0.1, 0.15) is 23.3 Å². The number of aromatic carboxylic acids is 1. The number of carbonyl (C=O) groups is 1. The highest BCUT2D eigenvalue weighted by molar-refractivity contribution is 5.85. The molecule has 96 valence electrons. The van der Waals surface area contributed by atoms with Crippen LogP contribution < -0.4 is 4.90 Å². The first-order valence-corrected chi connectivity index (χ1v) is 6.22. The van der Waals surface area contributed by atoms with E-state index in [1.807, 2.05) is 6.07 Å². The normalized spacial score (nSPS) is 27.0. The van der Waals surface area contributed by atoms with Gasteiger partial charge in [0.15, 0.2) is 5.69 Å². The standard InChI is InChI=1S/C13H16N2O3/c16-12(17)10-2-1-3-11(14-10)15-6-4-13(8-15)5-7-18-9-13/h1-3H,4-9H2,(H,16,17). The Morgan fingerprint density at radius 2 is 2.33 bits per heavy atom. The zero-order valence-electron chi connectivity index (χ0n) is 10.1. The molecule has 0 amide bonds. The summed E-state index contributed by atoms with van der Waals surface area (Å²) in [5.41, 5.74) is 0.372. The maximum atomic E-state index is 10.9. The summed E-state index contributed by atoms with van der Waals surface area (Å²) in [7, 11) is 0. The molecular weight excluding hydrogens is 232 g/mol. The molecule has 2 aliphatic heterocycles. The van der Waals surface area contributed by atoms with E-state index in [1.54, 1.807) is 6.07 Å². The molecule has 1 unspecified atom stereocenters. The quantitative estimate of drug-likeness (QED) is 0.857. The van der Waals surface area contributed by atoms with Gasteiger partial charge in [0.1, 0.15) is 5.82 Å². The van der Waals surface area contributed by atoms with Gasteiger partial charge >= 0.3 is 5.97 Å². The van der Waals surface area contributed by atoms with Crippen molar-refractivity contribution in [3.63, 3.8) is 0 Å². The molecule has 0 saturated carbocycles. The monoisotopic (exact) mass is 248 g/mol. The molecule has 0 bridgehead atoms. The molecule has 2 saturated heterocycles. The lowest BCUT2D eigenvalue weighted by Gasteiger charge is -2.22. The van der Waals surface area contributed by atoms with Crippen LogP contribution in [-0.2, 0) is 4.74 Å². The summed E-state index contributed by atoms with van der Waals surface area (Å²) in [6, 6.07) is 5.15. The van der Waals surface area contributed by atoms with E-state index < -0.39 is 5.97 Å². The Labute approximate surface area is 105 Å². The van der Waals surface area contributed by atoms with Crippen LogP contribution in [0.2, 0.25) is 0 Å². The average Bonchev–Trinajstić information content (AvgIpc) is 3.01. The van der Waals surface area contributed by atoms with Gasteiger partial charge in [-0.3, -0.25) is 0 Å². The number of hydrogen-bond donors (Lipinski definition) is 1. The molecule has 1 aromatic heterocycles. The van der Waals surface area contributed by atoms with Gasteiger partial charge in [-0.1, -0.05) is 6.07 Å². The summed E-state index contributed by atoms with van der Waals surface area (Å²) in [6.07, 6.45) is 2.20. The lowest BCUT2D eigenvalue weighted by molar-refractivity contribution is 0.0690. The third-order valence-corrected chi connectivity index (χ3v) is 3.90. The summed E-state index contributed by atoms with van der Waals surface area (Å²) in [5.74, 6) is -0.214. The van der Waals surface area contributed by atoms with Crippen molar-refractivity contribution in [1.82, 2.24) is 4.98 Å². The second kappa shape index (κ2) is 4.24. The first kappa shape index (κ1) is 11.5. The summed E-state index contributed by atoms with van der Waals surface area (Å²) in [6.45, 7) is 3.51. The minimum atomic E-state index is -0.977. The van der Waals surface area contributed by atoms with Crippen LogP contribution in [0.3, 0.4) is 0 Å². The summed E-state index contributed by atoms with van der Waals surface area (Å²) < 4.78 is 5.49. The van der Waals surface area contributed by atoms with Gasteiger partial charge in [0, 0.05) is 25.1 Å². The summed E-state index contributed by atoms with van der Waals surface area (Å²) in [4.78, 5) is 17.3. The van der Waals surface area contributed by atoms with Crippen molar-refractivity contribution < 1.29 is 14.6 Å². The SMILES string of the molecule is O=C(O)c1cccc(N2CCC3(CCOC3)C2)n1. The molecule has 0 aromatic carbocycles. The van der Waals surface area contributed by atoms with Crippen LogP contribution in [0.25, 0.3) is 0 Å². The second-order valence-electron chi connectivity index (χ2n) is 5.16. The molecule has 1 spiro atoms. The smallest absolute Gasteiger partial charge is 0.354 e. The number of ether oxygens (including phenoxy) is 1. The van der Waals surface area contributed by atoms with Crippen molar-refractivity contribution in [2.24, 2.45) is 5.41 Å². The maximum Gasteiger partial charge on any atom is 0.354 e. The predicted octanol–water partition coefficient (Wildman–Crippen LogP) is 1.40. The van der Waals surface area contributed by atoms with Crippen LogP contribution >= 0.6 is 0 Å². The third kappa shape index (κ3) is 1.95. The Bertz CT molecular complexity index is 469. The fraction of sp³-hybridized carbons (Fsp3) is 0.538. The number of rotatable bonds is 2. The van der Waals surface area contributed by atoms with Crippen LogP contribution in [0.4, 0.5) is 5.82 Å². The molecule has 1 atom stereocenters. The number of hydrogen-bond acceptors (Lipinski definition) is 4. The molecule has 3 rings (SSSR count). The summed E-state index contributed by atoms with van der Waals surface area (Å²) in [5, 5.41) is 8.96. The lowest BCUT2D eigenvalue weighted by Crippen LogP contribution is -2.28. The Kier molecular flexibility index (Phi) is 2.70. The summed E-state index contributed by atoms with van der Waals surface area (Å²) >= 11 is 0. The highest BCUT2D eigenvalue weighted by atomic mass is 16.5. The average molecular weight is 248 g/mol. The van der Waals surface area contributed by atoms with Crippen LogP contribution in [0.15, 0.2) is 18.2 Å². The van der Waals surface area contributed by atoms with Crippen molar-refractivity contribution in [2.45, 2.75) is 12.8 Å². The van der Waals surface area contributed by atoms with Gasteiger partial charge in [0.05, 0.1) is 6.61 Å². The third-order valence-electron chi connectivity index (χ3n) is 3.90. The van der Waals surface area contributed by atoms with Crippen molar-refractivity contribution in [1.29, 1.82) is 0 Å². The number of carboxylic acids is 1. The van der Waals surface area contributed by atoms with E-state index in [4.69, 9.17) is 9.84 Å². The molecule has 2 fully saturated rings. The van der Waals surface area contributed by atoms with Crippen molar-refractivity contribution in [3.8, 4) is 0 Å². The van der Waals surface area contributed by atoms with Crippen LogP contribution in [-0.4, -0.2) is 42.4 Å². The number of nitrogens with zero attached hydrogens (tertiary/aromatic N) is 2. The van der Waals surface area contributed by atoms with Gasteiger partial charge < -0.3 is 14.7 Å². The Balaban J connectivity index is 1.80. The molecule has 0 aliphatic carbocycles. The van der Waals surface area contributed by atoms with Crippen molar-refractivity contribution in [3.05, 3.63) is 23.9 Å². The van der Waals surface area contributed by atoms with Gasteiger partial charge in [-0.05, 0) is 25.0 Å². The molecule has 1 N–H and O–H groups in total. The zero-order valence-corrected chi connectivity index (χ0v) is 10.1. The zero-order chi connectivity index (χ0) is 12.6. The first-order valence-electron chi connectivity index (χ1n) is 6.22. The van der Waals surface area contributed by atoms with E-state index in [2.05, 4.69) is 9.88 Å². The minimum absolute atomic E-state index is 0.108. The second-order valence-corrected chi connectivity index (χ2v) is 5.16. The number of aromatic nitrogens is 1. The van der Waals surface area contributed by atoms with E-state index in [1.165, 1.54) is 6.07 Å². The largest absolute Gasteiger partial charge is 0.477 e. The van der Waals surface area contributed by atoms with Gasteiger partial charge in [-0.15, -0.1) is 0 Å². The molecule has 3 heterocycles. The molecule has 0 radical (unpaired) electrons. The highest BCUT2D eigenvalue weighted by Gasteiger charge is 2.41. The Hall–Kier alpha value is -1.62. The van der Waals surface area contributed by atoms with Gasteiger partial charge in [-0.2, -0.15) is 0 Å². The maximum absolute atomic E-state index is 10.9. The Morgan fingerprint density at radius 1 is 1.44 bits per heavy atom. The number of pyridine rings is 1. The number of anilines is 1. The molecule has 2 aliphatic rings. The van der Waals surface area contributed by atoms with E-state index in [9.17, 15) is 4.79 Å². The molecule has 18 heavy (non-hydrogen) atoms. The van der Waals surface area contributed by atoms with E-state index in [-0.39, 0.29) is 11.1 Å². The van der Waals surface area contributed by atoms with Crippen molar-refractivity contribution >= 4 is 11.8 Å². The molecule has 5 heteroatoms. The topological polar surface area (TPSA) is 62.7 Å². The first-order chi connectivity index (χ1) is 8.69. The lowest BCUT2D eigenvalue weighted by atomic mass is 9.87. The number of carboxylic acid groups (broad SMARTS) is 1. The minimum Gasteiger partial charge on any atom is -0.477 e. The molecule has 1 aromatic rings. The highest BCUT2D eigenvalue weighted by Crippen LogP contribution is 2.39. The van der Waals surface area contributed by atoms with Crippen LogP contribution in [0.5, 0.6) is 0 Å². The van der Waals surface area contributed by atoms with Gasteiger partial charge in [0.2, 0.25) is 0 Å². The van der Waals surface area contributed by atoms with E-state index in [0.717, 1.165) is 45.0 Å². The van der Waals surface area contributed by atoms with E-state index >= 15 is 0 Å². The Morgan fingerprint density at radius 3 is 3.06 bits per heavy atom. The molecule has 5 nitrogen and oxygen atoms in total. The van der Waals surface area contributed by atoms with E-state index in [0.29, 0.717) is 0 Å². The fourth-order valence-electron chi connectivity index (χ4n) is 2.82. The predicted molar refractivity (Wildman–Crippen MR) is 65.9 cm³/mol. The molecular formula is C13H16N2O3. The van der Waals surface area contributed by atoms with Gasteiger partial charge in [0.25, 0.3) is 0 Å². The van der Waals surface area contributed by atoms with Crippen molar-refractivity contribution in [2.75, 3.05) is 31.2 Å².